The lowest BCUT2D eigenvalue weighted by molar-refractivity contribution is -0.125. The molecule has 0 bridgehead atoms. The Morgan fingerprint density at radius 1 is 1.18 bits per heavy atom. The summed E-state index contributed by atoms with van der Waals surface area (Å²) in [5, 5.41) is 3.12. The van der Waals surface area contributed by atoms with E-state index in [0.717, 1.165) is 67.9 Å². The van der Waals surface area contributed by atoms with Gasteiger partial charge in [0.2, 0.25) is 11.9 Å². The first-order valence-corrected chi connectivity index (χ1v) is 14.8. The summed E-state index contributed by atoms with van der Waals surface area (Å²) in [5.74, 6) is 1.03. The Morgan fingerprint density at radius 3 is 2.80 bits per heavy atom. The number of nitrogens with one attached hydrogen (secondary N) is 1. The minimum absolute atomic E-state index is 0.00793. The van der Waals surface area contributed by atoms with E-state index in [-0.39, 0.29) is 23.3 Å². The van der Waals surface area contributed by atoms with E-state index >= 15 is 0 Å². The largest absolute Gasteiger partial charge is 0.443 e. The van der Waals surface area contributed by atoms with Gasteiger partial charge in [0, 0.05) is 25.7 Å². The van der Waals surface area contributed by atoms with Gasteiger partial charge in [0.25, 0.3) is 5.91 Å². The van der Waals surface area contributed by atoms with Crippen LogP contribution in [0.1, 0.15) is 53.4 Å². The molecule has 1 aliphatic carbocycles. The summed E-state index contributed by atoms with van der Waals surface area (Å²) in [6.45, 7) is 8.40. The number of fused-ring (bicyclic) bond motifs is 1. The quantitative estimate of drug-likeness (QED) is 0.309. The SMILES string of the molecule is C=CC(=O)N1CCC2(CC(n3c(NC(=O)c4ccc(-c5cnco5)s4)nc4ccc(CN5CCCC5)cc43)C2)C1. The van der Waals surface area contributed by atoms with Crippen LogP contribution < -0.4 is 5.32 Å². The van der Waals surface area contributed by atoms with Crippen molar-refractivity contribution in [2.24, 2.45) is 5.41 Å². The van der Waals surface area contributed by atoms with Crippen LogP contribution in [0.4, 0.5) is 5.95 Å². The van der Waals surface area contributed by atoms with E-state index in [2.05, 4.69) is 44.5 Å². The van der Waals surface area contributed by atoms with E-state index in [4.69, 9.17) is 9.40 Å². The number of carbonyl (C=O) groups excluding carboxylic acids is 2. The number of anilines is 1. The molecule has 0 unspecified atom stereocenters. The average molecular weight is 557 g/mol. The van der Waals surface area contributed by atoms with Crippen LogP contribution in [-0.2, 0) is 11.3 Å². The number of amides is 2. The number of nitrogens with zero attached hydrogens (tertiary/aromatic N) is 5. The van der Waals surface area contributed by atoms with Crippen molar-refractivity contribution in [2.75, 3.05) is 31.5 Å². The number of hydrogen-bond donors (Lipinski definition) is 1. The molecule has 7 rings (SSSR count). The van der Waals surface area contributed by atoms with Gasteiger partial charge in [-0.1, -0.05) is 12.6 Å². The topological polar surface area (TPSA) is 96.5 Å². The third-order valence-electron chi connectivity index (χ3n) is 8.72. The zero-order valence-electron chi connectivity index (χ0n) is 22.3. The molecule has 1 saturated carbocycles. The summed E-state index contributed by atoms with van der Waals surface area (Å²) in [6.07, 6.45) is 9.85. The first-order chi connectivity index (χ1) is 19.5. The number of thiophene rings is 1. The summed E-state index contributed by atoms with van der Waals surface area (Å²) >= 11 is 1.37. The molecule has 1 aromatic carbocycles. The predicted molar refractivity (Wildman–Crippen MR) is 154 cm³/mol. The molecule has 3 fully saturated rings. The minimum atomic E-state index is -0.192. The highest BCUT2D eigenvalue weighted by atomic mass is 32.1. The Bertz CT molecular complexity index is 1580. The van der Waals surface area contributed by atoms with Crippen molar-refractivity contribution in [3.05, 3.63) is 66.0 Å². The maximum absolute atomic E-state index is 13.4. The molecular formula is C30H32N6O3S. The van der Waals surface area contributed by atoms with Crippen LogP contribution in [0.5, 0.6) is 0 Å². The van der Waals surface area contributed by atoms with Gasteiger partial charge in [0.1, 0.15) is 0 Å². The highest BCUT2D eigenvalue weighted by molar-refractivity contribution is 7.17. The summed E-state index contributed by atoms with van der Waals surface area (Å²) < 4.78 is 7.63. The fourth-order valence-corrected chi connectivity index (χ4v) is 7.55. The van der Waals surface area contributed by atoms with E-state index in [1.165, 1.54) is 42.2 Å². The molecule has 2 saturated heterocycles. The molecule has 9 nitrogen and oxygen atoms in total. The van der Waals surface area contributed by atoms with Gasteiger partial charge in [-0.25, -0.2) is 9.97 Å². The Morgan fingerprint density at radius 2 is 2.02 bits per heavy atom. The molecular weight excluding hydrogens is 524 g/mol. The monoisotopic (exact) mass is 556 g/mol. The minimum Gasteiger partial charge on any atom is -0.443 e. The highest BCUT2D eigenvalue weighted by Crippen LogP contribution is 2.55. The molecule has 3 aromatic heterocycles. The first-order valence-electron chi connectivity index (χ1n) is 13.9. The summed E-state index contributed by atoms with van der Waals surface area (Å²) in [7, 11) is 0. The average Bonchev–Trinajstić information content (AvgIpc) is 3.76. The van der Waals surface area contributed by atoms with Gasteiger partial charge < -0.3 is 13.9 Å². The van der Waals surface area contributed by atoms with E-state index in [9.17, 15) is 9.59 Å². The lowest BCUT2D eigenvalue weighted by Gasteiger charge is -2.46. The van der Waals surface area contributed by atoms with Gasteiger partial charge >= 0.3 is 0 Å². The molecule has 3 aliphatic rings. The van der Waals surface area contributed by atoms with Crippen molar-refractivity contribution in [2.45, 2.75) is 44.7 Å². The number of rotatable bonds is 7. The number of aromatic nitrogens is 3. The van der Waals surface area contributed by atoms with Crippen molar-refractivity contribution in [3.63, 3.8) is 0 Å². The number of oxazole rings is 1. The van der Waals surface area contributed by atoms with Crippen molar-refractivity contribution in [3.8, 4) is 10.6 Å². The molecule has 0 radical (unpaired) electrons. The third-order valence-corrected chi connectivity index (χ3v) is 9.81. The van der Waals surface area contributed by atoms with Crippen molar-refractivity contribution in [1.29, 1.82) is 0 Å². The summed E-state index contributed by atoms with van der Waals surface area (Å²) in [6, 6.07) is 10.4. The number of imidazole rings is 1. The van der Waals surface area contributed by atoms with Crippen molar-refractivity contribution >= 4 is 40.1 Å². The standard InChI is InChI=1S/C30H32N6O3S/c1-2-27(37)35-12-9-30(18-35)14-21(15-30)36-23-13-20(17-34-10-3-4-11-34)5-6-22(23)32-29(36)33-28(38)26-8-7-25(40-26)24-16-31-19-39-24/h2,5-8,13,16,19,21H,1,3-4,9-12,14-15,17-18H2,(H,32,33,38). The van der Waals surface area contributed by atoms with Crippen LogP contribution in [0.15, 0.2) is 60.0 Å². The maximum atomic E-state index is 13.4. The third kappa shape index (κ3) is 4.54. The van der Waals surface area contributed by atoms with Crippen molar-refractivity contribution < 1.29 is 14.0 Å². The predicted octanol–water partition coefficient (Wildman–Crippen LogP) is 5.34. The second-order valence-corrected chi connectivity index (χ2v) is 12.5. The molecule has 4 aromatic rings. The summed E-state index contributed by atoms with van der Waals surface area (Å²) in [5.41, 5.74) is 3.32. The number of carbonyl (C=O) groups is 2. The molecule has 2 aliphatic heterocycles. The zero-order valence-corrected chi connectivity index (χ0v) is 23.2. The van der Waals surface area contributed by atoms with Crippen LogP contribution in [-0.4, -0.2) is 62.3 Å². The lowest BCUT2D eigenvalue weighted by Crippen LogP contribution is -2.42. The normalized spacial score (nSPS) is 22.7. The lowest BCUT2D eigenvalue weighted by atomic mass is 9.64. The maximum Gasteiger partial charge on any atom is 0.268 e. The van der Waals surface area contributed by atoms with E-state index in [1.54, 1.807) is 12.3 Å². The molecule has 1 spiro atoms. The second kappa shape index (κ2) is 10.0. The zero-order chi connectivity index (χ0) is 27.3. The molecule has 1 N–H and O–H groups in total. The fourth-order valence-electron chi connectivity index (χ4n) is 6.69. The van der Waals surface area contributed by atoms with Crippen LogP contribution in [0.25, 0.3) is 21.7 Å². The number of likely N-dealkylation sites (tertiary alicyclic amines) is 2. The van der Waals surface area contributed by atoms with Gasteiger partial charge in [-0.05, 0) is 86.5 Å². The Hall–Kier alpha value is -3.76. The highest BCUT2D eigenvalue weighted by Gasteiger charge is 2.50. The van der Waals surface area contributed by atoms with Gasteiger partial charge in [-0.3, -0.25) is 19.8 Å². The molecule has 206 valence electrons. The molecule has 40 heavy (non-hydrogen) atoms. The molecule has 5 heterocycles. The van der Waals surface area contributed by atoms with Crippen LogP contribution in [0.3, 0.4) is 0 Å². The summed E-state index contributed by atoms with van der Waals surface area (Å²) in [4.78, 5) is 40.3. The molecule has 10 heteroatoms. The van der Waals surface area contributed by atoms with Gasteiger partial charge in [0.15, 0.2) is 12.2 Å². The van der Waals surface area contributed by atoms with Crippen LogP contribution in [0, 0.1) is 5.41 Å². The van der Waals surface area contributed by atoms with Crippen LogP contribution in [0.2, 0.25) is 0 Å². The molecule has 0 atom stereocenters. The van der Waals surface area contributed by atoms with Gasteiger partial charge in [-0.2, -0.15) is 0 Å². The van der Waals surface area contributed by atoms with E-state index in [0.29, 0.717) is 16.6 Å². The second-order valence-electron chi connectivity index (χ2n) is 11.4. The smallest absolute Gasteiger partial charge is 0.268 e. The molecule has 2 amide bonds. The fraction of sp³-hybridized carbons (Fsp3) is 0.400. The van der Waals surface area contributed by atoms with Gasteiger partial charge in [0.05, 0.1) is 27.0 Å². The Kier molecular flexibility index (Phi) is 6.31. The Balaban J connectivity index is 1.18. The van der Waals surface area contributed by atoms with E-state index in [1.807, 2.05) is 11.0 Å². The number of benzene rings is 1. The van der Waals surface area contributed by atoms with Crippen molar-refractivity contribution in [1.82, 2.24) is 24.3 Å². The number of hydrogen-bond acceptors (Lipinski definition) is 7. The Labute approximate surface area is 236 Å². The van der Waals surface area contributed by atoms with Crippen LogP contribution >= 0.6 is 11.3 Å². The first kappa shape index (κ1) is 25.2. The van der Waals surface area contributed by atoms with E-state index < -0.39 is 0 Å². The van der Waals surface area contributed by atoms with Gasteiger partial charge in [-0.15, -0.1) is 11.3 Å².